The number of carbonyl (C=O) groups excluding carboxylic acids is 1. The lowest BCUT2D eigenvalue weighted by Crippen LogP contribution is -2.25. The van der Waals surface area contributed by atoms with Gasteiger partial charge in [-0.15, -0.1) is 11.3 Å². The van der Waals surface area contributed by atoms with E-state index in [-0.39, 0.29) is 23.9 Å². The van der Waals surface area contributed by atoms with E-state index in [4.69, 9.17) is 14.2 Å². The summed E-state index contributed by atoms with van der Waals surface area (Å²) in [5.74, 6) is 0.587. The Balaban J connectivity index is 1.38. The van der Waals surface area contributed by atoms with Gasteiger partial charge in [-0.2, -0.15) is 0 Å². The van der Waals surface area contributed by atoms with Crippen LogP contribution in [0.15, 0.2) is 41.8 Å². The molecule has 4 rings (SSSR count). The van der Waals surface area contributed by atoms with Crippen molar-refractivity contribution in [2.45, 2.75) is 25.9 Å². The number of hydrogen-bond donors (Lipinski definition) is 1. The molecular formula is C22H21FN2O4S. The summed E-state index contributed by atoms with van der Waals surface area (Å²) in [4.78, 5) is 16.7. The highest BCUT2D eigenvalue weighted by Crippen LogP contribution is 2.41. The zero-order valence-corrected chi connectivity index (χ0v) is 17.6. The average Bonchev–Trinajstić information content (AvgIpc) is 3.29. The first kappa shape index (κ1) is 20.2. The van der Waals surface area contributed by atoms with Gasteiger partial charge in [0.15, 0.2) is 34.8 Å². The Morgan fingerprint density at radius 1 is 1.30 bits per heavy atom. The number of nitrogens with zero attached hydrogens (tertiary/aromatic N) is 1. The standard InChI is InChI=1S/C22H21FN2O4S/c1-22(2)10-14-5-4-6-18(20(14)29-22)28-11-19(26)25-21-24-16(12-30-21)13-7-8-17(27-3)15(23)9-13/h4-9,12H,10-11H2,1-3H3,(H,24,25,26). The number of thiazole rings is 1. The van der Waals surface area contributed by atoms with E-state index >= 15 is 0 Å². The molecule has 2 heterocycles. The first-order valence-corrected chi connectivity index (χ1v) is 10.3. The number of para-hydroxylation sites is 1. The van der Waals surface area contributed by atoms with Gasteiger partial charge in [-0.1, -0.05) is 12.1 Å². The number of methoxy groups -OCH3 is 1. The van der Waals surface area contributed by atoms with Crippen LogP contribution in [0.3, 0.4) is 0 Å². The third kappa shape index (κ3) is 4.23. The predicted molar refractivity (Wildman–Crippen MR) is 113 cm³/mol. The summed E-state index contributed by atoms with van der Waals surface area (Å²) in [5.41, 5.74) is 1.94. The lowest BCUT2D eigenvalue weighted by atomic mass is 10.0. The van der Waals surface area contributed by atoms with Crippen LogP contribution in [0.1, 0.15) is 19.4 Å². The molecule has 3 aromatic rings. The molecule has 1 aliphatic heterocycles. The molecule has 1 N–H and O–H groups in total. The smallest absolute Gasteiger partial charge is 0.264 e. The van der Waals surface area contributed by atoms with Crippen LogP contribution in [0.4, 0.5) is 9.52 Å². The number of halogens is 1. The summed E-state index contributed by atoms with van der Waals surface area (Å²) in [5, 5.41) is 4.86. The second kappa shape index (κ2) is 7.95. The Morgan fingerprint density at radius 2 is 2.13 bits per heavy atom. The van der Waals surface area contributed by atoms with E-state index in [1.807, 2.05) is 26.0 Å². The molecule has 0 unspecified atom stereocenters. The van der Waals surface area contributed by atoms with Crippen LogP contribution in [-0.4, -0.2) is 30.2 Å². The molecular weight excluding hydrogens is 407 g/mol. The van der Waals surface area contributed by atoms with Crippen LogP contribution in [-0.2, 0) is 11.2 Å². The van der Waals surface area contributed by atoms with Crippen molar-refractivity contribution in [1.29, 1.82) is 0 Å². The number of benzene rings is 2. The van der Waals surface area contributed by atoms with Gasteiger partial charge in [0, 0.05) is 22.9 Å². The minimum absolute atomic E-state index is 0.166. The van der Waals surface area contributed by atoms with Gasteiger partial charge in [0.2, 0.25) is 0 Å². The van der Waals surface area contributed by atoms with Crippen molar-refractivity contribution in [2.24, 2.45) is 0 Å². The molecule has 0 radical (unpaired) electrons. The number of ether oxygens (including phenoxy) is 3. The van der Waals surface area contributed by atoms with E-state index in [9.17, 15) is 9.18 Å². The number of fused-ring (bicyclic) bond motifs is 1. The van der Waals surface area contributed by atoms with E-state index in [2.05, 4.69) is 10.3 Å². The highest BCUT2D eigenvalue weighted by atomic mass is 32.1. The second-order valence-electron chi connectivity index (χ2n) is 7.51. The van der Waals surface area contributed by atoms with Crippen molar-refractivity contribution in [3.63, 3.8) is 0 Å². The molecule has 156 valence electrons. The van der Waals surface area contributed by atoms with E-state index < -0.39 is 5.82 Å². The van der Waals surface area contributed by atoms with Gasteiger partial charge in [-0.3, -0.25) is 10.1 Å². The Hall–Kier alpha value is -3.13. The van der Waals surface area contributed by atoms with Crippen molar-refractivity contribution in [2.75, 3.05) is 19.0 Å². The van der Waals surface area contributed by atoms with Gasteiger partial charge in [0.25, 0.3) is 5.91 Å². The second-order valence-corrected chi connectivity index (χ2v) is 8.37. The fraction of sp³-hybridized carbons (Fsp3) is 0.273. The first-order valence-electron chi connectivity index (χ1n) is 9.37. The third-order valence-electron chi connectivity index (χ3n) is 4.61. The number of rotatable bonds is 6. The maximum Gasteiger partial charge on any atom is 0.264 e. The molecule has 0 aliphatic carbocycles. The monoisotopic (exact) mass is 428 g/mol. The number of anilines is 1. The highest BCUT2D eigenvalue weighted by molar-refractivity contribution is 7.14. The zero-order chi connectivity index (χ0) is 21.3. The first-order chi connectivity index (χ1) is 14.3. The molecule has 0 saturated carbocycles. The average molecular weight is 428 g/mol. The van der Waals surface area contributed by atoms with Gasteiger partial charge in [0.05, 0.1) is 12.8 Å². The maximum atomic E-state index is 13.9. The van der Waals surface area contributed by atoms with Crippen LogP contribution in [0.25, 0.3) is 11.3 Å². The van der Waals surface area contributed by atoms with Crippen LogP contribution >= 0.6 is 11.3 Å². The number of aromatic nitrogens is 1. The Morgan fingerprint density at radius 3 is 2.90 bits per heavy atom. The summed E-state index contributed by atoms with van der Waals surface area (Å²) in [6.45, 7) is 3.85. The fourth-order valence-electron chi connectivity index (χ4n) is 3.29. The van der Waals surface area contributed by atoms with Crippen molar-refractivity contribution in [3.8, 4) is 28.5 Å². The lowest BCUT2D eigenvalue weighted by molar-refractivity contribution is -0.118. The molecule has 0 atom stereocenters. The minimum atomic E-state index is -0.470. The molecule has 1 aromatic heterocycles. The van der Waals surface area contributed by atoms with Gasteiger partial charge in [-0.25, -0.2) is 9.37 Å². The van der Waals surface area contributed by atoms with Gasteiger partial charge < -0.3 is 14.2 Å². The molecule has 1 aliphatic rings. The molecule has 2 aromatic carbocycles. The Labute approximate surface area is 177 Å². The number of hydrogen-bond acceptors (Lipinski definition) is 6. The molecule has 0 spiro atoms. The topological polar surface area (TPSA) is 69.7 Å². The Kier molecular flexibility index (Phi) is 5.34. The molecule has 8 heteroatoms. The van der Waals surface area contributed by atoms with Crippen molar-refractivity contribution in [1.82, 2.24) is 4.98 Å². The van der Waals surface area contributed by atoms with Gasteiger partial charge in [-0.05, 0) is 38.1 Å². The third-order valence-corrected chi connectivity index (χ3v) is 5.37. The fourth-order valence-corrected chi connectivity index (χ4v) is 4.02. The summed E-state index contributed by atoms with van der Waals surface area (Å²) >= 11 is 1.25. The van der Waals surface area contributed by atoms with E-state index in [1.165, 1.54) is 30.6 Å². The van der Waals surface area contributed by atoms with Crippen molar-refractivity contribution in [3.05, 3.63) is 53.2 Å². The lowest BCUT2D eigenvalue weighted by Gasteiger charge is -2.18. The summed E-state index contributed by atoms with van der Waals surface area (Å²) in [7, 11) is 1.41. The molecule has 6 nitrogen and oxygen atoms in total. The largest absolute Gasteiger partial charge is 0.494 e. The van der Waals surface area contributed by atoms with Gasteiger partial charge in [0.1, 0.15) is 5.60 Å². The molecule has 0 fully saturated rings. The highest BCUT2D eigenvalue weighted by Gasteiger charge is 2.32. The minimum Gasteiger partial charge on any atom is -0.494 e. The van der Waals surface area contributed by atoms with Crippen LogP contribution < -0.4 is 19.5 Å². The molecule has 30 heavy (non-hydrogen) atoms. The summed E-state index contributed by atoms with van der Waals surface area (Å²) in [6, 6.07) is 10.3. The predicted octanol–water partition coefficient (Wildman–Crippen LogP) is 4.69. The van der Waals surface area contributed by atoms with E-state index in [0.29, 0.717) is 27.9 Å². The number of carbonyl (C=O) groups is 1. The van der Waals surface area contributed by atoms with Crippen LogP contribution in [0, 0.1) is 5.82 Å². The van der Waals surface area contributed by atoms with Crippen molar-refractivity contribution >= 4 is 22.4 Å². The summed E-state index contributed by atoms with van der Waals surface area (Å²) < 4.78 is 30.5. The number of nitrogens with one attached hydrogen (secondary N) is 1. The van der Waals surface area contributed by atoms with Gasteiger partial charge >= 0.3 is 0 Å². The maximum absolute atomic E-state index is 13.9. The van der Waals surface area contributed by atoms with E-state index in [1.54, 1.807) is 17.5 Å². The van der Waals surface area contributed by atoms with Crippen molar-refractivity contribution < 1.29 is 23.4 Å². The summed E-state index contributed by atoms with van der Waals surface area (Å²) in [6.07, 6.45) is 0.791. The van der Waals surface area contributed by atoms with Crippen LogP contribution in [0.2, 0.25) is 0 Å². The zero-order valence-electron chi connectivity index (χ0n) is 16.8. The Bertz CT molecular complexity index is 1100. The molecule has 0 bridgehead atoms. The molecule has 0 saturated heterocycles. The SMILES string of the molecule is COc1ccc(-c2csc(NC(=O)COc3cccc4c3OC(C)(C)C4)n2)cc1F. The van der Waals surface area contributed by atoms with E-state index in [0.717, 1.165) is 12.0 Å². The number of amides is 1. The quantitative estimate of drug-likeness (QED) is 0.617. The molecule has 1 amide bonds. The van der Waals surface area contributed by atoms with Crippen LogP contribution in [0.5, 0.6) is 17.2 Å². The normalized spacial score (nSPS) is 14.0.